The minimum Gasteiger partial charge on any atom is -0.232 e. The van der Waals surface area contributed by atoms with E-state index < -0.39 is 20.0 Å². The number of imidazole rings is 1. The van der Waals surface area contributed by atoms with Crippen molar-refractivity contribution in [1.82, 2.24) is 13.7 Å². The molecule has 0 saturated carbocycles. The fourth-order valence-corrected chi connectivity index (χ4v) is 5.75. The van der Waals surface area contributed by atoms with Crippen molar-refractivity contribution in [2.45, 2.75) is 16.2 Å². The third-order valence-corrected chi connectivity index (χ3v) is 7.79. The first-order valence-corrected chi connectivity index (χ1v) is 12.1. The standard InChI is InChI=1S/C21H19N3O4S2/c25-29(26,17-9-3-1-4-10-17)22-16-15-21-23-19-13-7-8-14-20(19)24(21)30(27,28)18-11-5-2-6-12-18/h1-14,22H,15-16H2. The molecule has 0 atom stereocenters. The van der Waals surface area contributed by atoms with E-state index >= 15 is 0 Å². The molecule has 3 aromatic carbocycles. The van der Waals surface area contributed by atoms with Crippen molar-refractivity contribution in [3.8, 4) is 0 Å². The molecule has 154 valence electrons. The molecule has 0 spiro atoms. The monoisotopic (exact) mass is 441 g/mol. The Bertz CT molecular complexity index is 1380. The lowest BCUT2D eigenvalue weighted by molar-refractivity contribution is 0.579. The maximum atomic E-state index is 13.3. The molecule has 0 fully saturated rings. The number of hydrogen-bond acceptors (Lipinski definition) is 5. The summed E-state index contributed by atoms with van der Waals surface area (Å²) in [7, 11) is -7.59. The number of benzene rings is 3. The van der Waals surface area contributed by atoms with Crippen LogP contribution in [-0.2, 0) is 26.5 Å². The average Bonchev–Trinajstić information content (AvgIpc) is 3.14. The number of hydrogen-bond donors (Lipinski definition) is 1. The second kappa shape index (κ2) is 8.02. The minimum atomic E-state index is -3.89. The zero-order valence-corrected chi connectivity index (χ0v) is 17.5. The van der Waals surface area contributed by atoms with Crippen molar-refractivity contribution >= 4 is 31.1 Å². The minimum absolute atomic E-state index is 0.00482. The molecule has 7 nitrogen and oxygen atoms in total. The van der Waals surface area contributed by atoms with Crippen LogP contribution in [0, 0.1) is 0 Å². The average molecular weight is 442 g/mol. The van der Waals surface area contributed by atoms with Crippen molar-refractivity contribution in [3.63, 3.8) is 0 Å². The van der Waals surface area contributed by atoms with E-state index in [9.17, 15) is 16.8 Å². The lowest BCUT2D eigenvalue weighted by atomic mass is 10.3. The van der Waals surface area contributed by atoms with Gasteiger partial charge in [0.25, 0.3) is 10.0 Å². The summed E-state index contributed by atoms with van der Waals surface area (Å²) in [5.74, 6) is 0.260. The van der Waals surface area contributed by atoms with Crippen LogP contribution in [-0.4, -0.2) is 32.3 Å². The zero-order chi connectivity index (χ0) is 21.2. The Hall–Kier alpha value is -3.01. The highest BCUT2D eigenvalue weighted by Gasteiger charge is 2.24. The lowest BCUT2D eigenvalue weighted by Crippen LogP contribution is -2.27. The number of rotatable bonds is 7. The van der Waals surface area contributed by atoms with Gasteiger partial charge in [-0.25, -0.2) is 30.5 Å². The summed E-state index contributed by atoms with van der Waals surface area (Å²) in [5.41, 5.74) is 0.972. The number of sulfonamides is 1. The van der Waals surface area contributed by atoms with Gasteiger partial charge in [-0.1, -0.05) is 48.5 Å². The quantitative estimate of drug-likeness (QED) is 0.476. The third kappa shape index (κ3) is 3.87. The first-order valence-electron chi connectivity index (χ1n) is 9.21. The van der Waals surface area contributed by atoms with Crippen LogP contribution in [0.15, 0.2) is 94.7 Å². The molecule has 0 aliphatic heterocycles. The van der Waals surface area contributed by atoms with Crippen LogP contribution in [0.5, 0.6) is 0 Å². The van der Waals surface area contributed by atoms with Gasteiger partial charge in [-0.05, 0) is 36.4 Å². The Labute approximate surface area is 175 Å². The number of aromatic nitrogens is 2. The number of para-hydroxylation sites is 2. The normalized spacial score (nSPS) is 12.3. The first-order chi connectivity index (χ1) is 14.4. The molecule has 1 N–H and O–H groups in total. The molecule has 30 heavy (non-hydrogen) atoms. The highest BCUT2D eigenvalue weighted by molar-refractivity contribution is 7.90. The third-order valence-electron chi connectivity index (χ3n) is 4.56. The number of fused-ring (bicyclic) bond motifs is 1. The van der Waals surface area contributed by atoms with Gasteiger partial charge in [0.15, 0.2) is 0 Å². The van der Waals surface area contributed by atoms with Crippen LogP contribution in [0.1, 0.15) is 5.82 Å². The van der Waals surface area contributed by atoms with E-state index in [4.69, 9.17) is 0 Å². The molecule has 0 radical (unpaired) electrons. The molecule has 0 unspecified atom stereocenters. The fraction of sp³-hybridized carbons (Fsp3) is 0.0952. The molecular formula is C21H19N3O4S2. The molecule has 1 heterocycles. The zero-order valence-electron chi connectivity index (χ0n) is 15.8. The summed E-state index contributed by atoms with van der Waals surface area (Å²) in [4.78, 5) is 4.73. The van der Waals surface area contributed by atoms with Crippen LogP contribution in [0.25, 0.3) is 11.0 Å². The van der Waals surface area contributed by atoms with E-state index in [-0.39, 0.29) is 28.6 Å². The summed E-state index contributed by atoms with van der Waals surface area (Å²) in [6.07, 6.45) is 0.104. The Balaban J connectivity index is 1.68. The summed E-state index contributed by atoms with van der Waals surface area (Å²) in [5, 5.41) is 0. The second-order valence-corrected chi connectivity index (χ2v) is 10.1. The van der Waals surface area contributed by atoms with Crippen molar-refractivity contribution in [2.75, 3.05) is 6.54 Å². The van der Waals surface area contributed by atoms with Crippen LogP contribution < -0.4 is 4.72 Å². The highest BCUT2D eigenvalue weighted by Crippen LogP contribution is 2.23. The summed E-state index contributed by atoms with van der Waals surface area (Å²) in [6.45, 7) is 0.00482. The van der Waals surface area contributed by atoms with Gasteiger partial charge in [0.05, 0.1) is 20.8 Å². The highest BCUT2D eigenvalue weighted by atomic mass is 32.2. The number of nitrogens with one attached hydrogen (secondary N) is 1. The molecule has 0 aliphatic rings. The molecule has 1 aromatic heterocycles. The largest absolute Gasteiger partial charge is 0.269 e. The van der Waals surface area contributed by atoms with E-state index in [0.717, 1.165) is 0 Å². The van der Waals surface area contributed by atoms with Gasteiger partial charge in [-0.3, -0.25) is 0 Å². The molecular weight excluding hydrogens is 422 g/mol. The molecule has 4 rings (SSSR count). The summed E-state index contributed by atoms with van der Waals surface area (Å²) in [6, 6.07) is 23.0. The van der Waals surface area contributed by atoms with Gasteiger partial charge in [-0.15, -0.1) is 0 Å². The predicted octanol–water partition coefficient (Wildman–Crippen LogP) is 2.79. The van der Waals surface area contributed by atoms with Crippen molar-refractivity contribution in [3.05, 3.63) is 90.8 Å². The summed E-state index contributed by atoms with van der Waals surface area (Å²) < 4.78 is 55.2. The first kappa shape index (κ1) is 20.3. The second-order valence-electron chi connectivity index (χ2n) is 6.56. The molecule has 0 aliphatic carbocycles. The molecule has 0 bridgehead atoms. The van der Waals surface area contributed by atoms with Crippen LogP contribution >= 0.6 is 0 Å². The topological polar surface area (TPSA) is 98.1 Å². The van der Waals surface area contributed by atoms with Crippen LogP contribution in [0.2, 0.25) is 0 Å². The smallest absolute Gasteiger partial charge is 0.232 e. The van der Waals surface area contributed by atoms with Crippen molar-refractivity contribution in [2.24, 2.45) is 0 Å². The Kier molecular flexibility index (Phi) is 5.42. The van der Waals surface area contributed by atoms with Gasteiger partial charge in [-0.2, -0.15) is 0 Å². The van der Waals surface area contributed by atoms with Crippen LogP contribution in [0.4, 0.5) is 0 Å². The molecule has 4 aromatic rings. The van der Waals surface area contributed by atoms with E-state index in [1.54, 1.807) is 60.7 Å². The molecule has 9 heteroatoms. The van der Waals surface area contributed by atoms with Crippen molar-refractivity contribution < 1.29 is 16.8 Å². The lowest BCUT2D eigenvalue weighted by Gasteiger charge is -2.11. The van der Waals surface area contributed by atoms with E-state index in [2.05, 4.69) is 9.71 Å². The van der Waals surface area contributed by atoms with E-state index in [0.29, 0.717) is 11.0 Å². The maximum absolute atomic E-state index is 13.3. The Morgan fingerprint density at radius 1 is 0.733 bits per heavy atom. The van der Waals surface area contributed by atoms with Gasteiger partial charge >= 0.3 is 0 Å². The fourth-order valence-electron chi connectivity index (χ4n) is 3.16. The Morgan fingerprint density at radius 2 is 1.30 bits per heavy atom. The predicted molar refractivity (Wildman–Crippen MR) is 114 cm³/mol. The molecule has 0 saturated heterocycles. The van der Waals surface area contributed by atoms with Gasteiger partial charge in [0.2, 0.25) is 10.0 Å². The van der Waals surface area contributed by atoms with Crippen molar-refractivity contribution in [1.29, 1.82) is 0 Å². The number of nitrogens with zero attached hydrogens (tertiary/aromatic N) is 2. The SMILES string of the molecule is O=S(=O)(NCCc1nc2ccccc2n1S(=O)(=O)c1ccccc1)c1ccccc1. The summed E-state index contributed by atoms with van der Waals surface area (Å²) >= 11 is 0. The van der Waals surface area contributed by atoms with Gasteiger partial charge in [0, 0.05) is 13.0 Å². The maximum Gasteiger partial charge on any atom is 0.269 e. The van der Waals surface area contributed by atoms with E-state index in [1.165, 1.54) is 28.2 Å². The Morgan fingerprint density at radius 3 is 1.97 bits per heavy atom. The van der Waals surface area contributed by atoms with E-state index in [1.807, 2.05) is 0 Å². The molecule has 0 amide bonds. The van der Waals surface area contributed by atoms with Gasteiger partial charge in [0.1, 0.15) is 5.82 Å². The van der Waals surface area contributed by atoms with Crippen LogP contribution in [0.3, 0.4) is 0 Å². The van der Waals surface area contributed by atoms with Gasteiger partial charge < -0.3 is 0 Å².